The summed E-state index contributed by atoms with van der Waals surface area (Å²) in [6, 6.07) is 19.2. The molecule has 132 valence electrons. The van der Waals surface area contributed by atoms with Crippen molar-refractivity contribution in [2.75, 3.05) is 11.9 Å². The molecule has 0 unspecified atom stereocenters. The summed E-state index contributed by atoms with van der Waals surface area (Å²) >= 11 is 3.09. The number of amides is 1. The second-order valence-electron chi connectivity index (χ2n) is 5.17. The Balaban J connectivity index is 1.54. The van der Waals surface area contributed by atoms with Gasteiger partial charge in [-0.25, -0.2) is 4.79 Å². The second kappa shape index (κ2) is 8.35. The fourth-order valence-electron chi connectivity index (χ4n) is 2.09. The van der Waals surface area contributed by atoms with Crippen molar-refractivity contribution in [1.82, 2.24) is 0 Å². The summed E-state index contributed by atoms with van der Waals surface area (Å²) < 4.78 is 16.1. The minimum atomic E-state index is -0.716. The minimum absolute atomic E-state index is 0.0166. The lowest BCUT2D eigenvalue weighted by Crippen LogP contribution is -2.20. The maximum Gasteiger partial charge on any atom is 0.374 e. The van der Waals surface area contributed by atoms with Crippen molar-refractivity contribution in [2.24, 2.45) is 0 Å². The third kappa shape index (κ3) is 4.97. The van der Waals surface area contributed by atoms with E-state index in [0.29, 0.717) is 21.9 Å². The number of halogens is 1. The highest BCUT2D eigenvalue weighted by Gasteiger charge is 2.14. The van der Waals surface area contributed by atoms with Crippen molar-refractivity contribution in [1.29, 1.82) is 0 Å². The molecule has 0 aliphatic carbocycles. The molecular weight excluding hydrogens is 402 g/mol. The molecule has 0 bridgehead atoms. The highest BCUT2D eigenvalue weighted by atomic mass is 79.9. The Labute approximate surface area is 157 Å². The Hall–Kier alpha value is -3.06. The lowest BCUT2D eigenvalue weighted by molar-refractivity contribution is -0.119. The molecule has 0 atom stereocenters. The van der Waals surface area contributed by atoms with E-state index in [4.69, 9.17) is 13.9 Å². The van der Waals surface area contributed by atoms with Gasteiger partial charge in [0, 0.05) is 11.8 Å². The van der Waals surface area contributed by atoms with Crippen LogP contribution in [-0.2, 0) is 9.53 Å². The molecule has 3 aromatic rings. The molecule has 0 radical (unpaired) electrons. The molecule has 0 saturated carbocycles. The van der Waals surface area contributed by atoms with Gasteiger partial charge < -0.3 is 19.2 Å². The number of benzene rings is 2. The van der Waals surface area contributed by atoms with E-state index >= 15 is 0 Å². The molecule has 6 nitrogen and oxygen atoms in total. The maximum absolute atomic E-state index is 12.0. The monoisotopic (exact) mass is 415 g/mol. The quantitative estimate of drug-likeness (QED) is 0.593. The number of esters is 1. The number of ether oxygens (including phenoxy) is 2. The smallest absolute Gasteiger partial charge is 0.374 e. The zero-order valence-corrected chi connectivity index (χ0v) is 15.1. The van der Waals surface area contributed by atoms with E-state index in [0.717, 1.165) is 0 Å². The molecule has 0 spiro atoms. The largest absolute Gasteiger partial charge is 0.457 e. The predicted molar refractivity (Wildman–Crippen MR) is 98.3 cm³/mol. The van der Waals surface area contributed by atoms with Gasteiger partial charge in [0.2, 0.25) is 5.76 Å². The Kier molecular flexibility index (Phi) is 5.70. The molecule has 2 aromatic carbocycles. The van der Waals surface area contributed by atoms with Crippen molar-refractivity contribution in [3.63, 3.8) is 0 Å². The molecule has 1 N–H and O–H groups in total. The first kappa shape index (κ1) is 17.8. The summed E-state index contributed by atoms with van der Waals surface area (Å²) in [6.07, 6.45) is 0. The lowest BCUT2D eigenvalue weighted by atomic mass is 10.3. The molecule has 26 heavy (non-hydrogen) atoms. The molecule has 7 heteroatoms. The first-order chi connectivity index (χ1) is 12.6. The average Bonchev–Trinajstić information content (AvgIpc) is 3.07. The van der Waals surface area contributed by atoms with Crippen LogP contribution in [0.5, 0.6) is 11.5 Å². The number of furan rings is 1. The fourth-order valence-corrected chi connectivity index (χ4v) is 2.39. The first-order valence-electron chi connectivity index (χ1n) is 7.65. The van der Waals surface area contributed by atoms with Crippen LogP contribution >= 0.6 is 15.9 Å². The van der Waals surface area contributed by atoms with E-state index in [1.807, 2.05) is 30.3 Å². The van der Waals surface area contributed by atoms with Gasteiger partial charge in [-0.3, -0.25) is 4.79 Å². The number of hydrogen-bond donors (Lipinski definition) is 1. The molecule has 0 saturated heterocycles. The van der Waals surface area contributed by atoms with Crippen molar-refractivity contribution >= 4 is 33.5 Å². The fraction of sp³-hybridized carbons (Fsp3) is 0.0526. The summed E-state index contributed by atoms with van der Waals surface area (Å²) in [6.45, 7) is -0.430. The van der Waals surface area contributed by atoms with E-state index in [9.17, 15) is 9.59 Å². The summed E-state index contributed by atoms with van der Waals surface area (Å²) in [7, 11) is 0. The topological polar surface area (TPSA) is 77.8 Å². The van der Waals surface area contributed by atoms with Gasteiger partial charge in [-0.1, -0.05) is 24.3 Å². The summed E-state index contributed by atoms with van der Waals surface area (Å²) in [5.41, 5.74) is 0.528. The van der Waals surface area contributed by atoms with Gasteiger partial charge in [-0.05, 0) is 52.3 Å². The van der Waals surface area contributed by atoms with Gasteiger partial charge in [0.1, 0.15) is 11.5 Å². The Bertz CT molecular complexity index is 907. The van der Waals surface area contributed by atoms with Crippen LogP contribution in [0.25, 0.3) is 0 Å². The van der Waals surface area contributed by atoms with Crippen LogP contribution in [0.3, 0.4) is 0 Å². The van der Waals surface area contributed by atoms with Crippen molar-refractivity contribution in [3.05, 3.63) is 77.2 Å². The molecule has 0 aliphatic rings. The van der Waals surface area contributed by atoms with E-state index < -0.39 is 18.5 Å². The van der Waals surface area contributed by atoms with Crippen molar-refractivity contribution < 1.29 is 23.5 Å². The third-order valence-corrected chi connectivity index (χ3v) is 3.63. The summed E-state index contributed by atoms with van der Waals surface area (Å²) in [5, 5.41) is 2.64. The Morgan fingerprint density at radius 3 is 2.46 bits per heavy atom. The lowest BCUT2D eigenvalue weighted by Gasteiger charge is -2.09. The van der Waals surface area contributed by atoms with Gasteiger partial charge in [0.25, 0.3) is 5.91 Å². The van der Waals surface area contributed by atoms with Gasteiger partial charge in [0.05, 0.1) is 0 Å². The number of carbonyl (C=O) groups excluding carboxylic acids is 2. The van der Waals surface area contributed by atoms with Crippen LogP contribution in [0.2, 0.25) is 0 Å². The van der Waals surface area contributed by atoms with Crippen LogP contribution in [0, 0.1) is 0 Å². The predicted octanol–water partition coefficient (Wildman–Crippen LogP) is 4.63. The number of anilines is 1. The molecule has 1 heterocycles. The zero-order chi connectivity index (χ0) is 18.4. The highest BCUT2D eigenvalue weighted by molar-refractivity contribution is 9.10. The number of nitrogens with one attached hydrogen (secondary N) is 1. The third-order valence-electron chi connectivity index (χ3n) is 3.21. The van der Waals surface area contributed by atoms with E-state index in [1.165, 1.54) is 6.07 Å². The van der Waals surface area contributed by atoms with Gasteiger partial charge in [-0.15, -0.1) is 0 Å². The number of para-hydroxylation sites is 1. The summed E-state index contributed by atoms with van der Waals surface area (Å²) in [4.78, 5) is 23.7. The molecule has 1 amide bonds. The van der Waals surface area contributed by atoms with Crippen molar-refractivity contribution in [3.8, 4) is 11.5 Å². The highest BCUT2D eigenvalue weighted by Crippen LogP contribution is 2.23. The number of rotatable bonds is 6. The molecular formula is C19H14BrNO5. The number of carbonyl (C=O) groups is 2. The second-order valence-corrected chi connectivity index (χ2v) is 5.95. The van der Waals surface area contributed by atoms with Crippen LogP contribution in [0.1, 0.15) is 10.6 Å². The molecule has 0 fully saturated rings. The zero-order valence-electron chi connectivity index (χ0n) is 13.5. The Morgan fingerprint density at radius 1 is 0.962 bits per heavy atom. The van der Waals surface area contributed by atoms with E-state index in [2.05, 4.69) is 21.2 Å². The minimum Gasteiger partial charge on any atom is -0.457 e. The number of hydrogen-bond acceptors (Lipinski definition) is 5. The van der Waals surface area contributed by atoms with Crippen LogP contribution in [-0.4, -0.2) is 18.5 Å². The average molecular weight is 416 g/mol. The standard InChI is InChI=1S/C19H14BrNO5/c20-17-10-9-16(26-17)19(23)24-12-18(22)21-13-5-4-8-15(11-13)25-14-6-2-1-3-7-14/h1-11H,12H2,(H,21,22). The van der Waals surface area contributed by atoms with Crippen LogP contribution in [0.4, 0.5) is 5.69 Å². The molecule has 3 rings (SSSR count). The Morgan fingerprint density at radius 2 is 1.73 bits per heavy atom. The van der Waals surface area contributed by atoms with E-state index in [1.54, 1.807) is 30.3 Å². The van der Waals surface area contributed by atoms with Crippen LogP contribution < -0.4 is 10.1 Å². The molecule has 1 aromatic heterocycles. The van der Waals surface area contributed by atoms with E-state index in [-0.39, 0.29) is 5.76 Å². The normalized spacial score (nSPS) is 10.2. The maximum atomic E-state index is 12.0. The first-order valence-corrected chi connectivity index (χ1v) is 8.45. The molecule has 0 aliphatic heterocycles. The van der Waals surface area contributed by atoms with Gasteiger partial charge in [0.15, 0.2) is 11.3 Å². The van der Waals surface area contributed by atoms with Crippen LogP contribution in [0.15, 0.2) is 75.8 Å². The van der Waals surface area contributed by atoms with Gasteiger partial charge in [-0.2, -0.15) is 0 Å². The SMILES string of the molecule is O=C(COC(=O)c1ccc(Br)o1)Nc1cccc(Oc2ccccc2)c1. The summed E-state index contributed by atoms with van der Waals surface area (Å²) in [5.74, 6) is 0.0942. The van der Waals surface area contributed by atoms with Crippen molar-refractivity contribution in [2.45, 2.75) is 0 Å². The van der Waals surface area contributed by atoms with Gasteiger partial charge >= 0.3 is 5.97 Å².